The average Bonchev–Trinajstić information content (AvgIpc) is 2.81. The number of halogens is 2. The first-order valence-corrected chi connectivity index (χ1v) is 6.35. The predicted octanol–water partition coefficient (Wildman–Crippen LogP) is 3.05. The molecule has 2 aromatic rings. The summed E-state index contributed by atoms with van der Waals surface area (Å²) in [6.45, 7) is 0. The normalized spacial score (nSPS) is 10.6. The second-order valence-electron chi connectivity index (χ2n) is 3.89. The average molecular weight is 329 g/mol. The Hall–Kier alpha value is -1.76. The summed E-state index contributed by atoms with van der Waals surface area (Å²) in [6, 6.07) is 4.41. The highest BCUT2D eigenvalue weighted by molar-refractivity contribution is 9.10. The Morgan fingerprint density at radius 1 is 1.47 bits per heavy atom. The van der Waals surface area contributed by atoms with Crippen LogP contribution in [0.2, 0.25) is 0 Å². The van der Waals surface area contributed by atoms with E-state index in [1.54, 1.807) is 12.1 Å². The molecule has 0 fully saturated rings. The lowest BCUT2D eigenvalue weighted by atomic mass is 10.2. The summed E-state index contributed by atoms with van der Waals surface area (Å²) >= 11 is 3.08. The molecule has 0 bridgehead atoms. The van der Waals surface area contributed by atoms with Gasteiger partial charge in [-0.1, -0.05) is 5.16 Å². The number of carboxylic acids is 1. The van der Waals surface area contributed by atoms with Crippen LogP contribution in [0.15, 0.2) is 27.2 Å². The SMILES string of the molecule is O=C(O)CCCc1nc(-c2ccc(F)c(Br)c2)no1. The monoisotopic (exact) mass is 328 g/mol. The first-order valence-electron chi connectivity index (χ1n) is 5.56. The summed E-state index contributed by atoms with van der Waals surface area (Å²) in [6.07, 6.45) is 0.894. The molecule has 1 heterocycles. The van der Waals surface area contributed by atoms with Crippen LogP contribution in [0, 0.1) is 5.82 Å². The molecule has 100 valence electrons. The van der Waals surface area contributed by atoms with Gasteiger partial charge in [-0.2, -0.15) is 4.98 Å². The number of rotatable bonds is 5. The first kappa shape index (κ1) is 13.7. The van der Waals surface area contributed by atoms with E-state index in [0.29, 0.717) is 34.6 Å². The molecule has 0 aliphatic heterocycles. The maximum absolute atomic E-state index is 13.1. The molecule has 2 rings (SSSR count). The fourth-order valence-electron chi connectivity index (χ4n) is 1.50. The molecular weight excluding hydrogens is 319 g/mol. The number of carboxylic acid groups (broad SMARTS) is 1. The lowest BCUT2D eigenvalue weighted by molar-refractivity contribution is -0.137. The summed E-state index contributed by atoms with van der Waals surface area (Å²) in [7, 11) is 0. The smallest absolute Gasteiger partial charge is 0.303 e. The molecule has 1 N–H and O–H groups in total. The number of nitrogens with zero attached hydrogens (tertiary/aromatic N) is 2. The molecule has 0 radical (unpaired) electrons. The molecular formula is C12H10BrFN2O3. The van der Waals surface area contributed by atoms with E-state index in [-0.39, 0.29) is 12.2 Å². The molecule has 0 saturated carbocycles. The molecule has 7 heteroatoms. The number of aryl methyl sites for hydroxylation is 1. The Labute approximate surface area is 116 Å². The van der Waals surface area contributed by atoms with E-state index >= 15 is 0 Å². The van der Waals surface area contributed by atoms with Gasteiger partial charge in [-0.15, -0.1) is 0 Å². The number of hydrogen-bond donors (Lipinski definition) is 1. The Balaban J connectivity index is 2.07. The molecule has 0 amide bonds. The van der Waals surface area contributed by atoms with Gasteiger partial charge in [0.25, 0.3) is 0 Å². The largest absolute Gasteiger partial charge is 0.481 e. The maximum atomic E-state index is 13.1. The molecule has 5 nitrogen and oxygen atoms in total. The summed E-state index contributed by atoms with van der Waals surface area (Å²) < 4.78 is 18.4. The van der Waals surface area contributed by atoms with Crippen molar-refractivity contribution in [3.05, 3.63) is 34.4 Å². The number of hydrogen-bond acceptors (Lipinski definition) is 4. The zero-order chi connectivity index (χ0) is 13.8. The van der Waals surface area contributed by atoms with Crippen LogP contribution >= 0.6 is 15.9 Å². The van der Waals surface area contributed by atoms with Gasteiger partial charge in [0, 0.05) is 18.4 Å². The molecule has 0 spiro atoms. The molecule has 1 aromatic carbocycles. The van der Waals surface area contributed by atoms with Gasteiger partial charge in [0.05, 0.1) is 4.47 Å². The lowest BCUT2D eigenvalue weighted by Gasteiger charge is -1.96. The summed E-state index contributed by atoms with van der Waals surface area (Å²) in [5.74, 6) is -0.501. The van der Waals surface area contributed by atoms with E-state index in [1.807, 2.05) is 0 Å². The maximum Gasteiger partial charge on any atom is 0.303 e. The standard InChI is InChI=1S/C12H10BrFN2O3/c13-8-6-7(4-5-9(8)14)12-15-10(19-16-12)2-1-3-11(17)18/h4-6H,1-3H2,(H,17,18). The van der Waals surface area contributed by atoms with Gasteiger partial charge in [-0.05, 0) is 40.5 Å². The second-order valence-corrected chi connectivity index (χ2v) is 4.74. The van der Waals surface area contributed by atoms with E-state index in [9.17, 15) is 9.18 Å². The number of aromatic nitrogens is 2. The summed E-state index contributed by atoms with van der Waals surface area (Å²) in [5, 5.41) is 12.3. The van der Waals surface area contributed by atoms with Crippen LogP contribution in [0.25, 0.3) is 11.4 Å². The van der Waals surface area contributed by atoms with Crippen molar-refractivity contribution in [3.8, 4) is 11.4 Å². The molecule has 0 aliphatic carbocycles. The van der Waals surface area contributed by atoms with Gasteiger partial charge >= 0.3 is 5.97 Å². The Kier molecular flexibility index (Phi) is 4.26. The third kappa shape index (κ3) is 3.60. The van der Waals surface area contributed by atoms with E-state index < -0.39 is 5.97 Å². The van der Waals surface area contributed by atoms with Crippen LogP contribution in [-0.2, 0) is 11.2 Å². The minimum Gasteiger partial charge on any atom is -0.481 e. The van der Waals surface area contributed by atoms with Crippen molar-refractivity contribution in [1.29, 1.82) is 0 Å². The van der Waals surface area contributed by atoms with Crippen molar-refractivity contribution in [2.75, 3.05) is 0 Å². The van der Waals surface area contributed by atoms with Crippen LogP contribution in [0.1, 0.15) is 18.7 Å². The van der Waals surface area contributed by atoms with Crippen LogP contribution in [-0.4, -0.2) is 21.2 Å². The molecule has 0 atom stereocenters. The Morgan fingerprint density at radius 2 is 2.26 bits per heavy atom. The van der Waals surface area contributed by atoms with Gasteiger partial charge in [-0.3, -0.25) is 4.79 Å². The summed E-state index contributed by atoms with van der Waals surface area (Å²) in [4.78, 5) is 14.5. The molecule has 19 heavy (non-hydrogen) atoms. The minimum absolute atomic E-state index is 0.0554. The number of aliphatic carboxylic acids is 1. The fourth-order valence-corrected chi connectivity index (χ4v) is 1.88. The molecule has 1 aromatic heterocycles. The van der Waals surface area contributed by atoms with Crippen LogP contribution in [0.3, 0.4) is 0 Å². The first-order chi connectivity index (χ1) is 9.06. The Morgan fingerprint density at radius 3 is 2.95 bits per heavy atom. The van der Waals surface area contributed by atoms with E-state index in [0.717, 1.165) is 0 Å². The van der Waals surface area contributed by atoms with Gasteiger partial charge in [0.2, 0.25) is 11.7 Å². The second kappa shape index (κ2) is 5.92. The topological polar surface area (TPSA) is 76.2 Å². The third-order valence-corrected chi connectivity index (χ3v) is 3.03. The number of benzene rings is 1. The highest BCUT2D eigenvalue weighted by atomic mass is 79.9. The van der Waals surface area contributed by atoms with Crippen LogP contribution < -0.4 is 0 Å². The van der Waals surface area contributed by atoms with Crippen molar-refractivity contribution in [2.45, 2.75) is 19.3 Å². The quantitative estimate of drug-likeness (QED) is 0.912. The highest BCUT2D eigenvalue weighted by Crippen LogP contribution is 2.23. The van der Waals surface area contributed by atoms with E-state index in [1.165, 1.54) is 6.07 Å². The van der Waals surface area contributed by atoms with Crippen LogP contribution in [0.5, 0.6) is 0 Å². The predicted molar refractivity (Wildman–Crippen MR) is 68.0 cm³/mol. The van der Waals surface area contributed by atoms with Crippen molar-refractivity contribution in [2.24, 2.45) is 0 Å². The van der Waals surface area contributed by atoms with Crippen molar-refractivity contribution in [3.63, 3.8) is 0 Å². The van der Waals surface area contributed by atoms with E-state index in [4.69, 9.17) is 9.63 Å². The van der Waals surface area contributed by atoms with Gasteiger partial charge in [0.15, 0.2) is 0 Å². The third-order valence-electron chi connectivity index (χ3n) is 2.43. The molecule has 0 unspecified atom stereocenters. The van der Waals surface area contributed by atoms with Crippen molar-refractivity contribution < 1.29 is 18.8 Å². The fraction of sp³-hybridized carbons (Fsp3) is 0.250. The summed E-state index contributed by atoms with van der Waals surface area (Å²) in [5.41, 5.74) is 0.626. The van der Waals surface area contributed by atoms with Crippen molar-refractivity contribution >= 4 is 21.9 Å². The highest BCUT2D eigenvalue weighted by Gasteiger charge is 2.10. The van der Waals surface area contributed by atoms with Crippen molar-refractivity contribution in [1.82, 2.24) is 10.1 Å². The lowest BCUT2D eigenvalue weighted by Crippen LogP contribution is -1.96. The molecule has 0 saturated heterocycles. The zero-order valence-corrected chi connectivity index (χ0v) is 11.4. The Bertz CT molecular complexity index is 600. The van der Waals surface area contributed by atoms with Gasteiger partial charge < -0.3 is 9.63 Å². The minimum atomic E-state index is -0.859. The zero-order valence-electron chi connectivity index (χ0n) is 9.77. The van der Waals surface area contributed by atoms with Gasteiger partial charge in [0.1, 0.15) is 5.82 Å². The van der Waals surface area contributed by atoms with Gasteiger partial charge in [-0.25, -0.2) is 4.39 Å². The number of carbonyl (C=O) groups is 1. The van der Waals surface area contributed by atoms with E-state index in [2.05, 4.69) is 26.1 Å². The molecule has 0 aliphatic rings. The van der Waals surface area contributed by atoms with Crippen LogP contribution in [0.4, 0.5) is 4.39 Å².